The molecule has 1 aromatic carbocycles. The minimum Gasteiger partial charge on any atom is -0.339 e. The number of halogens is 5. The lowest BCUT2D eigenvalue weighted by Gasteiger charge is -2.34. The Hall–Kier alpha value is -1.02. The maximum absolute atomic E-state index is 12.7. The lowest BCUT2D eigenvalue weighted by Crippen LogP contribution is -2.49. The third-order valence-corrected chi connectivity index (χ3v) is 3.56. The second-order valence-corrected chi connectivity index (χ2v) is 5.06. The number of hydrogen-bond acceptors (Lipinski definition) is 3. The van der Waals surface area contributed by atoms with E-state index in [4.69, 9.17) is 5.73 Å². The molecule has 0 bridgehead atoms. The highest BCUT2D eigenvalue weighted by Crippen LogP contribution is 2.29. The summed E-state index contributed by atoms with van der Waals surface area (Å²) in [5.74, 6) is -0.0891. The van der Waals surface area contributed by atoms with E-state index in [9.17, 15) is 18.0 Å². The molecule has 2 N–H and O–H groups in total. The van der Waals surface area contributed by atoms with Gasteiger partial charge in [0.15, 0.2) is 0 Å². The smallest absolute Gasteiger partial charge is 0.339 e. The molecule has 1 fully saturated rings. The first-order valence-electron chi connectivity index (χ1n) is 6.76. The van der Waals surface area contributed by atoms with E-state index in [1.54, 1.807) is 11.0 Å². The fourth-order valence-electron chi connectivity index (χ4n) is 2.39. The number of alkyl halides is 3. The number of nitrogens with two attached hydrogens (primary N) is 1. The van der Waals surface area contributed by atoms with Crippen LogP contribution >= 0.6 is 24.8 Å². The Labute approximate surface area is 145 Å². The molecule has 1 aromatic rings. The summed E-state index contributed by atoms with van der Waals surface area (Å²) in [7, 11) is 0. The van der Waals surface area contributed by atoms with Gasteiger partial charge in [-0.25, -0.2) is 0 Å². The zero-order valence-corrected chi connectivity index (χ0v) is 14.0. The first-order valence-corrected chi connectivity index (χ1v) is 6.76. The summed E-state index contributed by atoms with van der Waals surface area (Å²) < 4.78 is 38.0. The number of carbonyl (C=O) groups is 1. The molecule has 9 heteroatoms. The first kappa shape index (κ1) is 22.0. The Morgan fingerprint density at radius 1 is 1.13 bits per heavy atom. The Balaban J connectivity index is 0.00000242. The van der Waals surface area contributed by atoms with Crippen molar-refractivity contribution < 1.29 is 18.0 Å². The van der Waals surface area contributed by atoms with E-state index >= 15 is 0 Å². The van der Waals surface area contributed by atoms with Crippen molar-refractivity contribution in [3.05, 3.63) is 35.4 Å². The molecular formula is C14H20Cl2F3N3O. The fourth-order valence-corrected chi connectivity index (χ4v) is 2.39. The average Bonchev–Trinajstić information content (AvgIpc) is 2.47. The van der Waals surface area contributed by atoms with Crippen LogP contribution in [-0.2, 0) is 17.5 Å². The van der Waals surface area contributed by atoms with Crippen molar-refractivity contribution in [1.29, 1.82) is 0 Å². The van der Waals surface area contributed by atoms with Crippen LogP contribution in [0, 0.1) is 0 Å². The first-order chi connectivity index (χ1) is 9.90. The van der Waals surface area contributed by atoms with Crippen LogP contribution in [-0.4, -0.2) is 48.4 Å². The van der Waals surface area contributed by atoms with Crippen LogP contribution in [0.4, 0.5) is 13.2 Å². The zero-order valence-electron chi connectivity index (χ0n) is 12.4. The summed E-state index contributed by atoms with van der Waals surface area (Å²) in [5.41, 5.74) is 5.31. The highest BCUT2D eigenvalue weighted by atomic mass is 35.5. The quantitative estimate of drug-likeness (QED) is 0.882. The van der Waals surface area contributed by atoms with Gasteiger partial charge in [-0.05, 0) is 11.6 Å². The van der Waals surface area contributed by atoms with Gasteiger partial charge in [0, 0.05) is 32.7 Å². The van der Waals surface area contributed by atoms with Crippen molar-refractivity contribution in [3.8, 4) is 0 Å². The van der Waals surface area contributed by atoms with Gasteiger partial charge in [0.25, 0.3) is 0 Å². The summed E-state index contributed by atoms with van der Waals surface area (Å²) in [6.45, 7) is 2.86. The number of nitrogens with zero attached hydrogens (tertiary/aromatic N) is 2. The lowest BCUT2D eigenvalue weighted by atomic mass is 10.1. The van der Waals surface area contributed by atoms with Gasteiger partial charge < -0.3 is 10.6 Å². The number of amides is 1. The van der Waals surface area contributed by atoms with Gasteiger partial charge in [-0.1, -0.05) is 18.2 Å². The van der Waals surface area contributed by atoms with E-state index in [-0.39, 0.29) is 37.3 Å². The van der Waals surface area contributed by atoms with Gasteiger partial charge in [-0.2, -0.15) is 13.2 Å². The molecule has 1 aliphatic heterocycles. The van der Waals surface area contributed by atoms with Crippen LogP contribution < -0.4 is 5.73 Å². The number of rotatable bonds is 3. The van der Waals surface area contributed by atoms with Gasteiger partial charge in [0.2, 0.25) is 5.91 Å². The number of piperazine rings is 1. The van der Waals surface area contributed by atoms with Gasteiger partial charge >= 0.3 is 6.18 Å². The Morgan fingerprint density at radius 2 is 1.74 bits per heavy atom. The van der Waals surface area contributed by atoms with Gasteiger partial charge in [-0.15, -0.1) is 24.8 Å². The monoisotopic (exact) mass is 373 g/mol. The number of hydrogen-bond donors (Lipinski definition) is 1. The molecule has 0 saturated carbocycles. The molecule has 0 radical (unpaired) electrons. The highest BCUT2D eigenvalue weighted by molar-refractivity contribution is 5.85. The third kappa shape index (κ3) is 6.18. The minimum atomic E-state index is -4.32. The molecule has 132 valence electrons. The van der Waals surface area contributed by atoms with Gasteiger partial charge in [-0.3, -0.25) is 9.69 Å². The summed E-state index contributed by atoms with van der Waals surface area (Å²) in [6, 6.07) is 5.36. The van der Waals surface area contributed by atoms with E-state index in [0.717, 1.165) is 6.07 Å². The van der Waals surface area contributed by atoms with E-state index in [1.807, 2.05) is 4.90 Å². The molecule has 2 rings (SSSR count). The normalized spacial score (nSPS) is 15.6. The van der Waals surface area contributed by atoms with Gasteiger partial charge in [0.1, 0.15) is 0 Å². The van der Waals surface area contributed by atoms with Crippen molar-refractivity contribution in [3.63, 3.8) is 0 Å². The predicted octanol–water partition coefficient (Wildman–Crippen LogP) is 2.15. The largest absolute Gasteiger partial charge is 0.416 e. The molecule has 0 spiro atoms. The molecular weight excluding hydrogens is 354 g/mol. The molecule has 23 heavy (non-hydrogen) atoms. The predicted molar refractivity (Wildman–Crippen MR) is 86.9 cm³/mol. The maximum Gasteiger partial charge on any atom is 0.416 e. The summed E-state index contributed by atoms with van der Waals surface area (Å²) in [4.78, 5) is 15.2. The Kier molecular flexibility index (Phi) is 8.90. The zero-order chi connectivity index (χ0) is 15.5. The molecule has 0 aliphatic carbocycles. The molecule has 0 aromatic heterocycles. The van der Waals surface area contributed by atoms with Crippen LogP contribution in [0.25, 0.3) is 0 Å². The summed E-state index contributed by atoms with van der Waals surface area (Å²) in [6.07, 6.45) is -4.32. The molecule has 1 heterocycles. The molecule has 0 atom stereocenters. The third-order valence-electron chi connectivity index (χ3n) is 3.56. The lowest BCUT2D eigenvalue weighted by molar-refractivity contribution is -0.137. The van der Waals surface area contributed by atoms with Crippen LogP contribution in [0.3, 0.4) is 0 Å². The summed E-state index contributed by atoms with van der Waals surface area (Å²) in [5, 5.41) is 0. The molecule has 4 nitrogen and oxygen atoms in total. The van der Waals surface area contributed by atoms with Crippen LogP contribution in [0.15, 0.2) is 24.3 Å². The standard InChI is InChI=1S/C14H18F3N3O.2ClH/c15-14(16,17)12-3-1-2-11(8-12)10-19-4-6-20(7-5-19)13(21)9-18;;/h1-3,8H,4-7,9-10,18H2;2*1H. The van der Waals surface area contributed by atoms with Gasteiger partial charge in [0.05, 0.1) is 12.1 Å². The highest BCUT2D eigenvalue weighted by Gasteiger charge is 2.30. The van der Waals surface area contributed by atoms with Crippen molar-refractivity contribution in [2.24, 2.45) is 5.73 Å². The van der Waals surface area contributed by atoms with Crippen LogP contribution in [0.5, 0.6) is 0 Å². The fraction of sp³-hybridized carbons (Fsp3) is 0.500. The van der Waals surface area contributed by atoms with E-state index in [0.29, 0.717) is 38.3 Å². The molecule has 1 amide bonds. The van der Waals surface area contributed by atoms with E-state index < -0.39 is 11.7 Å². The van der Waals surface area contributed by atoms with Crippen molar-refractivity contribution in [2.75, 3.05) is 32.7 Å². The Morgan fingerprint density at radius 3 is 2.26 bits per heavy atom. The topological polar surface area (TPSA) is 49.6 Å². The number of benzene rings is 1. The van der Waals surface area contributed by atoms with Crippen molar-refractivity contribution in [2.45, 2.75) is 12.7 Å². The Bertz CT molecular complexity index is 506. The van der Waals surface area contributed by atoms with Crippen molar-refractivity contribution in [1.82, 2.24) is 9.80 Å². The molecule has 1 aliphatic rings. The van der Waals surface area contributed by atoms with E-state index in [2.05, 4.69) is 0 Å². The molecule has 0 unspecified atom stereocenters. The second kappa shape index (κ2) is 9.32. The van der Waals surface area contributed by atoms with Crippen LogP contribution in [0.2, 0.25) is 0 Å². The maximum atomic E-state index is 12.7. The molecule has 1 saturated heterocycles. The SMILES string of the molecule is Cl.Cl.NCC(=O)N1CCN(Cc2cccc(C(F)(F)F)c2)CC1. The summed E-state index contributed by atoms with van der Waals surface area (Å²) >= 11 is 0. The van der Waals surface area contributed by atoms with E-state index in [1.165, 1.54) is 12.1 Å². The second-order valence-electron chi connectivity index (χ2n) is 5.06. The van der Waals surface area contributed by atoms with Crippen LogP contribution in [0.1, 0.15) is 11.1 Å². The van der Waals surface area contributed by atoms with Crippen molar-refractivity contribution >= 4 is 30.7 Å². The number of carbonyl (C=O) groups excluding carboxylic acids is 1. The average molecular weight is 374 g/mol. The minimum absolute atomic E-state index is 0.